The molecular formula is C19H16F3N7O2. The summed E-state index contributed by atoms with van der Waals surface area (Å²) in [5.41, 5.74) is 13.3. The number of aliphatic imine (C=N–C) groups is 1. The van der Waals surface area contributed by atoms with Crippen LogP contribution in [0.2, 0.25) is 0 Å². The largest absolute Gasteiger partial charge is 0.471 e. The maximum Gasteiger partial charge on any atom is 0.471 e. The molecule has 0 fully saturated rings. The van der Waals surface area contributed by atoms with Crippen molar-refractivity contribution >= 4 is 29.1 Å². The summed E-state index contributed by atoms with van der Waals surface area (Å²) in [5, 5.41) is 5.87. The molecule has 0 radical (unpaired) electrons. The van der Waals surface area contributed by atoms with Crippen molar-refractivity contribution in [3.8, 4) is 11.4 Å². The summed E-state index contributed by atoms with van der Waals surface area (Å²) in [6.07, 6.45) is -0.411. The first-order valence-corrected chi connectivity index (χ1v) is 8.65. The summed E-state index contributed by atoms with van der Waals surface area (Å²) in [7, 11) is 1.59. The first-order chi connectivity index (χ1) is 14.7. The van der Waals surface area contributed by atoms with Crippen molar-refractivity contribution in [2.45, 2.75) is 6.18 Å². The van der Waals surface area contributed by atoms with Crippen LogP contribution in [0.3, 0.4) is 0 Å². The molecule has 1 amide bonds. The summed E-state index contributed by atoms with van der Waals surface area (Å²) in [6.45, 7) is 0. The standard InChI is InChI=1S/C19H16F3N7O2/c1-25-8-12(7-23)11-3-5-14(26-9-11)17(30)27-15-6-10(2-4-13(15)24)16-28-18(31-29-16)19(20,21)22/h2-9H,23-24H2,1H3,(H,27,30). The van der Waals surface area contributed by atoms with Gasteiger partial charge in [-0.05, 0) is 24.3 Å². The zero-order chi connectivity index (χ0) is 22.6. The fraction of sp³-hybridized carbons (Fsp3) is 0.105. The fourth-order valence-corrected chi connectivity index (χ4v) is 2.50. The number of nitrogens with one attached hydrogen (secondary N) is 1. The van der Waals surface area contributed by atoms with E-state index in [9.17, 15) is 18.0 Å². The van der Waals surface area contributed by atoms with Crippen LogP contribution in [0.5, 0.6) is 0 Å². The molecule has 9 nitrogen and oxygen atoms in total. The number of anilines is 2. The minimum Gasteiger partial charge on any atom is -0.404 e. The second-order valence-electron chi connectivity index (χ2n) is 6.12. The number of benzene rings is 1. The number of nitrogen functional groups attached to an aromatic ring is 1. The number of alkyl halides is 3. The normalized spacial score (nSPS) is 12.3. The fourth-order valence-electron chi connectivity index (χ4n) is 2.50. The number of carbonyl (C=O) groups excluding carboxylic acids is 1. The summed E-state index contributed by atoms with van der Waals surface area (Å²) >= 11 is 0. The molecule has 5 N–H and O–H groups in total. The second kappa shape index (κ2) is 8.65. The Bertz CT molecular complexity index is 1150. The van der Waals surface area contributed by atoms with Gasteiger partial charge in [-0.1, -0.05) is 11.2 Å². The van der Waals surface area contributed by atoms with Crippen LogP contribution < -0.4 is 16.8 Å². The lowest BCUT2D eigenvalue weighted by Crippen LogP contribution is -2.15. The minimum absolute atomic E-state index is 0.0808. The Balaban J connectivity index is 1.82. The number of nitrogens with two attached hydrogens (primary N) is 2. The van der Waals surface area contributed by atoms with E-state index in [1.165, 1.54) is 36.7 Å². The first-order valence-electron chi connectivity index (χ1n) is 8.65. The molecule has 2 aromatic heterocycles. The van der Waals surface area contributed by atoms with Crippen LogP contribution in [-0.2, 0) is 6.18 Å². The van der Waals surface area contributed by atoms with Crippen LogP contribution in [0.15, 0.2) is 52.2 Å². The van der Waals surface area contributed by atoms with Crippen molar-refractivity contribution in [3.63, 3.8) is 0 Å². The van der Waals surface area contributed by atoms with Crippen molar-refractivity contribution in [1.29, 1.82) is 0 Å². The number of halogens is 3. The molecule has 1 aromatic carbocycles. The average Bonchev–Trinajstić information content (AvgIpc) is 3.24. The topological polar surface area (TPSA) is 145 Å². The van der Waals surface area contributed by atoms with Gasteiger partial charge in [0.15, 0.2) is 0 Å². The van der Waals surface area contributed by atoms with Crippen molar-refractivity contribution in [2.24, 2.45) is 10.7 Å². The number of aromatic nitrogens is 3. The lowest BCUT2D eigenvalue weighted by Gasteiger charge is -2.09. The predicted molar refractivity (Wildman–Crippen MR) is 108 cm³/mol. The SMILES string of the molecule is CN=CC(=CN)c1ccc(C(=O)Nc2cc(-c3noc(C(F)(F)F)n3)ccc2N)nc1. The lowest BCUT2D eigenvalue weighted by atomic mass is 10.1. The van der Waals surface area contributed by atoms with E-state index in [2.05, 4.69) is 30.0 Å². The molecule has 12 heteroatoms. The molecule has 3 aromatic rings. The number of pyridine rings is 1. The Hall–Kier alpha value is -4.22. The summed E-state index contributed by atoms with van der Waals surface area (Å²) in [5.74, 6) is -2.36. The Morgan fingerprint density at radius 2 is 2.03 bits per heavy atom. The van der Waals surface area contributed by atoms with E-state index in [0.717, 1.165) is 0 Å². The lowest BCUT2D eigenvalue weighted by molar-refractivity contribution is -0.159. The molecule has 31 heavy (non-hydrogen) atoms. The van der Waals surface area contributed by atoms with Gasteiger partial charge in [0.1, 0.15) is 5.69 Å². The number of carbonyl (C=O) groups is 1. The Morgan fingerprint density at radius 3 is 2.61 bits per heavy atom. The molecular weight excluding hydrogens is 415 g/mol. The molecule has 3 rings (SSSR count). The van der Waals surface area contributed by atoms with E-state index in [1.54, 1.807) is 19.3 Å². The molecule has 0 bridgehead atoms. The van der Waals surface area contributed by atoms with Crippen LogP contribution in [0.4, 0.5) is 24.5 Å². The molecule has 0 aliphatic carbocycles. The highest BCUT2D eigenvalue weighted by Crippen LogP contribution is 2.31. The number of hydrogen-bond donors (Lipinski definition) is 3. The molecule has 0 aliphatic rings. The van der Waals surface area contributed by atoms with Gasteiger partial charge in [0, 0.05) is 42.4 Å². The predicted octanol–water partition coefficient (Wildman–Crippen LogP) is 2.99. The van der Waals surface area contributed by atoms with Crippen LogP contribution in [0.1, 0.15) is 21.9 Å². The van der Waals surface area contributed by atoms with E-state index < -0.39 is 18.0 Å². The van der Waals surface area contributed by atoms with Gasteiger partial charge in [-0.25, -0.2) is 0 Å². The maximum atomic E-state index is 12.7. The van der Waals surface area contributed by atoms with E-state index in [0.29, 0.717) is 11.1 Å². The van der Waals surface area contributed by atoms with Gasteiger partial charge in [0.2, 0.25) is 5.82 Å². The van der Waals surface area contributed by atoms with Gasteiger partial charge in [-0.3, -0.25) is 14.8 Å². The third kappa shape index (κ3) is 4.86. The van der Waals surface area contributed by atoms with E-state index in [4.69, 9.17) is 11.5 Å². The van der Waals surface area contributed by atoms with Gasteiger partial charge in [-0.2, -0.15) is 18.2 Å². The molecule has 0 spiro atoms. The van der Waals surface area contributed by atoms with Gasteiger partial charge < -0.3 is 21.3 Å². The molecule has 0 unspecified atom stereocenters. The second-order valence-corrected chi connectivity index (χ2v) is 6.12. The van der Waals surface area contributed by atoms with Crippen molar-refractivity contribution < 1.29 is 22.5 Å². The van der Waals surface area contributed by atoms with E-state index >= 15 is 0 Å². The quantitative estimate of drug-likeness (QED) is 0.416. The third-order valence-electron chi connectivity index (χ3n) is 4.01. The van der Waals surface area contributed by atoms with Crippen molar-refractivity contribution in [2.75, 3.05) is 18.1 Å². The van der Waals surface area contributed by atoms with Gasteiger partial charge in [0.25, 0.3) is 5.91 Å². The van der Waals surface area contributed by atoms with Gasteiger partial charge >= 0.3 is 12.1 Å². The molecule has 0 saturated carbocycles. The molecule has 2 heterocycles. The van der Waals surface area contributed by atoms with Crippen LogP contribution in [0, 0.1) is 0 Å². The first kappa shape index (κ1) is 21.5. The zero-order valence-corrected chi connectivity index (χ0v) is 16.0. The Labute approximate surface area is 173 Å². The number of amides is 1. The van der Waals surface area contributed by atoms with Crippen LogP contribution >= 0.6 is 0 Å². The minimum atomic E-state index is -4.77. The summed E-state index contributed by atoms with van der Waals surface area (Å²) in [4.78, 5) is 23.8. The highest BCUT2D eigenvalue weighted by Gasteiger charge is 2.38. The van der Waals surface area contributed by atoms with Crippen LogP contribution in [0.25, 0.3) is 17.0 Å². The number of rotatable bonds is 5. The molecule has 0 saturated heterocycles. The molecule has 0 aliphatic heterocycles. The Kier molecular flexibility index (Phi) is 6.00. The average molecular weight is 431 g/mol. The molecule has 0 atom stereocenters. The third-order valence-corrected chi connectivity index (χ3v) is 4.01. The molecule has 160 valence electrons. The van der Waals surface area contributed by atoms with Gasteiger partial charge in [0.05, 0.1) is 11.4 Å². The van der Waals surface area contributed by atoms with Crippen LogP contribution in [-0.4, -0.2) is 34.3 Å². The zero-order valence-electron chi connectivity index (χ0n) is 16.0. The van der Waals surface area contributed by atoms with E-state index in [-0.39, 0.29) is 28.5 Å². The highest BCUT2D eigenvalue weighted by atomic mass is 19.4. The number of nitrogens with zero attached hydrogens (tertiary/aromatic N) is 4. The smallest absolute Gasteiger partial charge is 0.404 e. The maximum absolute atomic E-state index is 12.7. The van der Waals surface area contributed by atoms with Crippen molar-refractivity contribution in [1.82, 2.24) is 15.1 Å². The summed E-state index contributed by atoms with van der Waals surface area (Å²) in [6, 6.07) is 7.25. The van der Waals surface area contributed by atoms with Gasteiger partial charge in [-0.15, -0.1) is 0 Å². The highest BCUT2D eigenvalue weighted by molar-refractivity contribution is 6.10. The number of hydrogen-bond acceptors (Lipinski definition) is 8. The monoisotopic (exact) mass is 431 g/mol. The summed E-state index contributed by atoms with van der Waals surface area (Å²) < 4.78 is 42.2. The van der Waals surface area contributed by atoms with Crippen molar-refractivity contribution in [3.05, 3.63) is 59.9 Å². The Morgan fingerprint density at radius 1 is 1.26 bits per heavy atom. The van der Waals surface area contributed by atoms with E-state index in [1.807, 2.05) is 0 Å². The number of allylic oxidation sites excluding steroid dienone is 1.